The summed E-state index contributed by atoms with van der Waals surface area (Å²) in [6.45, 7) is 2.09. The first-order valence-corrected chi connectivity index (χ1v) is 7.94. The van der Waals surface area contributed by atoms with Gasteiger partial charge in [-0.2, -0.15) is 0 Å². The Morgan fingerprint density at radius 1 is 1.39 bits per heavy atom. The Balaban J connectivity index is 1.57. The number of nitrogens with zero attached hydrogens (tertiary/aromatic N) is 2. The molecule has 0 spiro atoms. The molecule has 0 radical (unpaired) electrons. The largest absolute Gasteiger partial charge is 0.486 e. The predicted octanol–water partition coefficient (Wildman–Crippen LogP) is 3.20. The maximum atomic E-state index is 12.1. The molecule has 118 valence electrons. The fourth-order valence-electron chi connectivity index (χ4n) is 1.94. The van der Waals surface area contributed by atoms with Crippen molar-refractivity contribution < 1.29 is 14.1 Å². The molecule has 1 N–H and O–H groups in total. The van der Waals surface area contributed by atoms with E-state index in [0.717, 1.165) is 10.8 Å². The maximum absolute atomic E-state index is 12.1. The van der Waals surface area contributed by atoms with Gasteiger partial charge in [-0.15, -0.1) is 11.3 Å². The highest BCUT2D eigenvalue weighted by Crippen LogP contribution is 2.16. The molecular formula is C16H15N3O3S. The van der Waals surface area contributed by atoms with Crippen LogP contribution < -0.4 is 10.1 Å². The molecule has 3 rings (SSSR count). The molecule has 1 atom stereocenters. The first kappa shape index (κ1) is 15.2. The molecular weight excluding hydrogens is 314 g/mol. The van der Waals surface area contributed by atoms with Crippen molar-refractivity contribution in [2.45, 2.75) is 19.6 Å². The number of ether oxygens (including phenoxy) is 1. The standard InChI is InChI=1S/C16H15N3O3S/c1-11(16-17-7-8-23-16)18-15(20)14-9-13(22-19-14)10-21-12-5-3-2-4-6-12/h2-9,11H,10H2,1H3,(H,18,20)/t11-/m0/s1. The number of benzene rings is 1. The molecule has 2 heterocycles. The Kier molecular flexibility index (Phi) is 4.68. The van der Waals surface area contributed by atoms with Gasteiger partial charge in [-0.25, -0.2) is 4.98 Å². The lowest BCUT2D eigenvalue weighted by atomic mass is 10.3. The van der Waals surface area contributed by atoms with Crippen LogP contribution in [0.3, 0.4) is 0 Å². The Labute approximate surface area is 137 Å². The summed E-state index contributed by atoms with van der Waals surface area (Å²) in [6.07, 6.45) is 1.71. The molecule has 1 amide bonds. The number of nitrogens with one attached hydrogen (secondary N) is 1. The zero-order valence-corrected chi connectivity index (χ0v) is 13.2. The summed E-state index contributed by atoms with van der Waals surface area (Å²) in [5.74, 6) is 0.913. The summed E-state index contributed by atoms with van der Waals surface area (Å²) >= 11 is 1.49. The van der Waals surface area contributed by atoms with E-state index in [1.54, 1.807) is 12.3 Å². The van der Waals surface area contributed by atoms with E-state index in [1.165, 1.54) is 11.3 Å². The second-order valence-electron chi connectivity index (χ2n) is 4.85. The number of rotatable bonds is 6. The average Bonchev–Trinajstić information content (AvgIpc) is 3.25. The van der Waals surface area contributed by atoms with Crippen LogP contribution >= 0.6 is 11.3 Å². The van der Waals surface area contributed by atoms with Crippen LogP contribution in [0.1, 0.15) is 34.2 Å². The zero-order valence-electron chi connectivity index (χ0n) is 12.4. The normalized spacial score (nSPS) is 11.9. The van der Waals surface area contributed by atoms with Crippen molar-refractivity contribution in [1.82, 2.24) is 15.5 Å². The molecule has 0 aliphatic heterocycles. The van der Waals surface area contributed by atoms with Crippen LogP contribution in [0.25, 0.3) is 0 Å². The van der Waals surface area contributed by atoms with Gasteiger partial charge in [0.05, 0.1) is 6.04 Å². The Morgan fingerprint density at radius 2 is 2.22 bits per heavy atom. The van der Waals surface area contributed by atoms with Crippen molar-refractivity contribution in [2.24, 2.45) is 0 Å². The molecule has 2 aromatic heterocycles. The summed E-state index contributed by atoms with van der Waals surface area (Å²) < 4.78 is 10.7. The van der Waals surface area contributed by atoms with E-state index < -0.39 is 0 Å². The predicted molar refractivity (Wildman–Crippen MR) is 85.3 cm³/mol. The second-order valence-corrected chi connectivity index (χ2v) is 5.77. The minimum atomic E-state index is -0.303. The summed E-state index contributed by atoms with van der Waals surface area (Å²) in [5.41, 5.74) is 0.222. The number of para-hydroxylation sites is 1. The monoisotopic (exact) mass is 329 g/mol. The van der Waals surface area contributed by atoms with Gasteiger partial charge in [0, 0.05) is 17.6 Å². The molecule has 0 fully saturated rings. The lowest BCUT2D eigenvalue weighted by molar-refractivity contribution is 0.0930. The van der Waals surface area contributed by atoms with Crippen LogP contribution in [0, 0.1) is 0 Å². The fraction of sp³-hybridized carbons (Fsp3) is 0.188. The lowest BCUT2D eigenvalue weighted by Gasteiger charge is -2.08. The smallest absolute Gasteiger partial charge is 0.274 e. The van der Waals surface area contributed by atoms with Crippen molar-refractivity contribution in [3.05, 3.63) is 64.4 Å². The number of hydrogen-bond donors (Lipinski definition) is 1. The van der Waals surface area contributed by atoms with Crippen LogP contribution in [0.5, 0.6) is 5.75 Å². The van der Waals surface area contributed by atoms with Gasteiger partial charge < -0.3 is 14.6 Å². The van der Waals surface area contributed by atoms with E-state index in [9.17, 15) is 4.79 Å². The van der Waals surface area contributed by atoms with Gasteiger partial charge in [-0.05, 0) is 19.1 Å². The zero-order chi connectivity index (χ0) is 16.1. The molecule has 7 heteroatoms. The molecule has 0 aliphatic rings. The molecule has 0 unspecified atom stereocenters. The average molecular weight is 329 g/mol. The molecule has 23 heavy (non-hydrogen) atoms. The minimum Gasteiger partial charge on any atom is -0.486 e. The molecule has 1 aromatic carbocycles. The van der Waals surface area contributed by atoms with E-state index in [1.807, 2.05) is 42.6 Å². The van der Waals surface area contributed by atoms with Gasteiger partial charge in [0.2, 0.25) is 0 Å². The number of carbonyl (C=O) groups is 1. The van der Waals surface area contributed by atoms with E-state index in [-0.39, 0.29) is 24.2 Å². The number of thiazole rings is 1. The molecule has 0 saturated heterocycles. The van der Waals surface area contributed by atoms with Crippen LogP contribution in [-0.2, 0) is 6.61 Å². The SMILES string of the molecule is C[C@H](NC(=O)c1cc(COc2ccccc2)on1)c1nccs1. The van der Waals surface area contributed by atoms with Crippen LogP contribution in [0.15, 0.2) is 52.5 Å². The van der Waals surface area contributed by atoms with Crippen molar-refractivity contribution in [3.63, 3.8) is 0 Å². The molecule has 3 aromatic rings. The first-order chi connectivity index (χ1) is 11.2. The third-order valence-electron chi connectivity index (χ3n) is 3.09. The van der Waals surface area contributed by atoms with Crippen molar-refractivity contribution >= 4 is 17.2 Å². The van der Waals surface area contributed by atoms with Crippen molar-refractivity contribution in [3.8, 4) is 5.75 Å². The minimum absolute atomic E-state index is 0.178. The van der Waals surface area contributed by atoms with Crippen LogP contribution in [-0.4, -0.2) is 16.0 Å². The van der Waals surface area contributed by atoms with Crippen molar-refractivity contribution in [1.29, 1.82) is 0 Å². The Morgan fingerprint density at radius 3 is 2.96 bits per heavy atom. The van der Waals surface area contributed by atoms with Gasteiger partial charge in [0.1, 0.15) is 17.4 Å². The molecule has 0 bridgehead atoms. The third-order valence-corrected chi connectivity index (χ3v) is 4.04. The number of carbonyl (C=O) groups excluding carboxylic acids is 1. The van der Waals surface area contributed by atoms with Crippen LogP contribution in [0.2, 0.25) is 0 Å². The van der Waals surface area contributed by atoms with Gasteiger partial charge in [0.25, 0.3) is 5.91 Å². The van der Waals surface area contributed by atoms with E-state index in [0.29, 0.717) is 5.76 Å². The summed E-state index contributed by atoms with van der Waals surface area (Å²) in [4.78, 5) is 16.3. The third kappa shape index (κ3) is 3.95. The Bertz CT molecular complexity index is 756. The second kappa shape index (κ2) is 7.06. The van der Waals surface area contributed by atoms with Gasteiger partial charge in [0.15, 0.2) is 11.5 Å². The highest BCUT2D eigenvalue weighted by atomic mass is 32.1. The topological polar surface area (TPSA) is 77.2 Å². The molecule has 6 nitrogen and oxygen atoms in total. The number of aromatic nitrogens is 2. The highest BCUT2D eigenvalue weighted by molar-refractivity contribution is 7.09. The molecule has 0 aliphatic carbocycles. The maximum Gasteiger partial charge on any atom is 0.274 e. The lowest BCUT2D eigenvalue weighted by Crippen LogP contribution is -2.26. The van der Waals surface area contributed by atoms with E-state index in [4.69, 9.17) is 9.26 Å². The highest BCUT2D eigenvalue weighted by Gasteiger charge is 2.17. The summed E-state index contributed by atoms with van der Waals surface area (Å²) in [6, 6.07) is 10.8. The Hall–Kier alpha value is -2.67. The van der Waals surface area contributed by atoms with E-state index in [2.05, 4.69) is 15.5 Å². The molecule has 0 saturated carbocycles. The first-order valence-electron chi connectivity index (χ1n) is 7.06. The van der Waals surface area contributed by atoms with Gasteiger partial charge in [-0.3, -0.25) is 4.79 Å². The van der Waals surface area contributed by atoms with Gasteiger partial charge in [-0.1, -0.05) is 23.4 Å². The van der Waals surface area contributed by atoms with Crippen molar-refractivity contribution in [2.75, 3.05) is 0 Å². The quantitative estimate of drug-likeness (QED) is 0.751. The van der Waals surface area contributed by atoms with E-state index >= 15 is 0 Å². The van der Waals surface area contributed by atoms with Gasteiger partial charge >= 0.3 is 0 Å². The van der Waals surface area contributed by atoms with Crippen LogP contribution in [0.4, 0.5) is 0 Å². The fourth-order valence-corrected chi connectivity index (χ4v) is 2.59. The number of hydrogen-bond acceptors (Lipinski definition) is 6. The summed E-state index contributed by atoms with van der Waals surface area (Å²) in [7, 11) is 0. The number of amides is 1. The summed E-state index contributed by atoms with van der Waals surface area (Å²) in [5, 5.41) is 9.32.